The Morgan fingerprint density at radius 2 is 1.65 bits per heavy atom. The summed E-state index contributed by atoms with van der Waals surface area (Å²) in [5, 5.41) is 0. The van der Waals surface area contributed by atoms with E-state index in [1.165, 1.54) is 35.4 Å². The minimum Gasteiger partial charge on any atom is -0.406 e. The molecule has 1 saturated carbocycles. The van der Waals surface area contributed by atoms with E-state index in [-0.39, 0.29) is 11.6 Å². The number of rotatable bonds is 4. The van der Waals surface area contributed by atoms with Crippen molar-refractivity contribution in [2.75, 3.05) is 9.80 Å². The zero-order valence-corrected chi connectivity index (χ0v) is 17.7. The molecule has 1 aliphatic heterocycles. The van der Waals surface area contributed by atoms with Crippen molar-refractivity contribution < 1.29 is 31.9 Å². The average molecular weight is 471 g/mol. The minimum absolute atomic E-state index is 0.121. The first-order valence-corrected chi connectivity index (χ1v) is 10.4. The lowest BCUT2D eigenvalue weighted by Gasteiger charge is -2.22. The van der Waals surface area contributed by atoms with E-state index in [2.05, 4.69) is 9.72 Å². The van der Waals surface area contributed by atoms with Crippen LogP contribution in [-0.2, 0) is 4.79 Å². The summed E-state index contributed by atoms with van der Waals surface area (Å²) in [5.41, 5.74) is 0.624. The number of hydrogen-bond donors (Lipinski definition) is 0. The predicted molar refractivity (Wildman–Crippen MR) is 115 cm³/mol. The Kier molecular flexibility index (Phi) is 4.85. The number of carbonyl (C=O) groups is 2. The van der Waals surface area contributed by atoms with Gasteiger partial charge in [0, 0.05) is 11.8 Å². The number of amides is 3. The third kappa shape index (κ3) is 3.55. The molecule has 0 bridgehead atoms. The van der Waals surface area contributed by atoms with Gasteiger partial charge in [0.15, 0.2) is 0 Å². The van der Waals surface area contributed by atoms with Crippen molar-refractivity contribution in [3.8, 4) is 17.0 Å². The highest BCUT2D eigenvalue weighted by Gasteiger charge is 2.70. The van der Waals surface area contributed by atoms with Crippen LogP contribution in [0.2, 0.25) is 0 Å². The van der Waals surface area contributed by atoms with Crippen molar-refractivity contribution in [1.29, 1.82) is 0 Å². The van der Waals surface area contributed by atoms with E-state index < -0.39 is 35.4 Å². The quantitative estimate of drug-likeness (QED) is 0.370. The molecule has 2 aromatic carbocycles. The summed E-state index contributed by atoms with van der Waals surface area (Å²) in [4.78, 5) is 33.5. The number of aromatic nitrogens is 1. The van der Waals surface area contributed by atoms with E-state index in [0.717, 1.165) is 17.0 Å². The third-order valence-corrected chi connectivity index (χ3v) is 6.10. The van der Waals surface area contributed by atoms with Crippen LogP contribution in [0.4, 0.5) is 33.7 Å². The van der Waals surface area contributed by atoms with Gasteiger partial charge in [-0.1, -0.05) is 6.92 Å². The Labute approximate surface area is 191 Å². The average Bonchev–Trinajstić information content (AvgIpc) is 3.40. The first kappa shape index (κ1) is 21.9. The Bertz CT molecular complexity index is 1280. The first-order valence-electron chi connectivity index (χ1n) is 10.4. The van der Waals surface area contributed by atoms with E-state index in [9.17, 15) is 27.2 Å². The molecule has 2 aliphatic rings. The number of carbonyl (C=O) groups excluding carboxylic acids is 2. The van der Waals surface area contributed by atoms with Crippen molar-refractivity contribution in [1.82, 2.24) is 4.98 Å². The van der Waals surface area contributed by atoms with Gasteiger partial charge < -0.3 is 4.74 Å². The topological polar surface area (TPSA) is 62.7 Å². The highest BCUT2D eigenvalue weighted by molar-refractivity contribution is 6.32. The Balaban J connectivity index is 1.50. The van der Waals surface area contributed by atoms with Crippen molar-refractivity contribution in [2.45, 2.75) is 25.2 Å². The fraction of sp³-hybridized carbons (Fsp3) is 0.208. The Morgan fingerprint density at radius 1 is 1.00 bits per heavy atom. The molecule has 174 valence electrons. The maximum absolute atomic E-state index is 13.5. The molecule has 0 radical (unpaired) electrons. The van der Waals surface area contributed by atoms with Gasteiger partial charge in [-0.05, 0) is 73.0 Å². The highest BCUT2D eigenvalue weighted by Crippen LogP contribution is 2.55. The van der Waals surface area contributed by atoms with Crippen LogP contribution in [-0.4, -0.2) is 28.8 Å². The monoisotopic (exact) mass is 471 g/mol. The molecule has 3 aromatic rings. The SMILES string of the molecule is CC1CC12C(=O)N(c1ccc(OC(F)(F)F)cc1)C(=O)N2c1ccnc(-c2ccc(F)cc2)c1. The van der Waals surface area contributed by atoms with Gasteiger partial charge in [-0.25, -0.2) is 14.1 Å². The van der Waals surface area contributed by atoms with Gasteiger partial charge in [0.2, 0.25) is 0 Å². The van der Waals surface area contributed by atoms with Crippen LogP contribution >= 0.6 is 0 Å². The maximum Gasteiger partial charge on any atom is 0.573 e. The van der Waals surface area contributed by atoms with Crippen LogP contribution in [0.1, 0.15) is 13.3 Å². The van der Waals surface area contributed by atoms with Crippen molar-refractivity contribution >= 4 is 23.3 Å². The predicted octanol–water partition coefficient (Wildman–Crippen LogP) is 5.54. The Hall–Kier alpha value is -3.95. The van der Waals surface area contributed by atoms with E-state index in [1.54, 1.807) is 24.3 Å². The summed E-state index contributed by atoms with van der Waals surface area (Å²) in [7, 11) is 0. The standard InChI is InChI=1S/C24H17F4N3O3/c1-14-13-23(14)21(32)30(17-6-8-19(9-7-17)34-24(26,27)28)22(33)31(23)18-10-11-29-20(12-18)15-2-4-16(25)5-3-15/h2-12,14H,13H2,1H3. The molecule has 1 aromatic heterocycles. The molecule has 3 amide bonds. The fourth-order valence-corrected chi connectivity index (χ4v) is 4.37. The van der Waals surface area contributed by atoms with Crippen LogP contribution in [0, 0.1) is 11.7 Å². The van der Waals surface area contributed by atoms with Crippen molar-refractivity contribution in [2.24, 2.45) is 5.92 Å². The zero-order chi connectivity index (χ0) is 24.3. The Morgan fingerprint density at radius 3 is 2.24 bits per heavy atom. The van der Waals surface area contributed by atoms with Gasteiger partial charge >= 0.3 is 12.4 Å². The fourth-order valence-electron chi connectivity index (χ4n) is 4.37. The number of benzene rings is 2. The van der Waals surface area contributed by atoms with Gasteiger partial charge in [0.05, 0.1) is 17.1 Å². The van der Waals surface area contributed by atoms with Crippen molar-refractivity contribution in [3.63, 3.8) is 0 Å². The second-order valence-corrected chi connectivity index (χ2v) is 8.24. The molecule has 1 aliphatic carbocycles. The first-order chi connectivity index (χ1) is 16.1. The number of halogens is 4. The number of anilines is 2. The molecule has 2 heterocycles. The van der Waals surface area contributed by atoms with E-state index >= 15 is 0 Å². The molecule has 0 N–H and O–H groups in total. The number of alkyl halides is 3. The molecule has 10 heteroatoms. The van der Waals surface area contributed by atoms with Crippen LogP contribution in [0.5, 0.6) is 5.75 Å². The maximum atomic E-state index is 13.5. The molecule has 2 atom stereocenters. The molecule has 5 rings (SSSR count). The summed E-state index contributed by atoms with van der Waals surface area (Å²) in [6.07, 6.45) is -2.91. The van der Waals surface area contributed by atoms with Crippen LogP contribution in [0.3, 0.4) is 0 Å². The molecule has 2 unspecified atom stereocenters. The molecular weight excluding hydrogens is 454 g/mol. The van der Waals surface area contributed by atoms with Gasteiger partial charge in [-0.3, -0.25) is 14.7 Å². The minimum atomic E-state index is -4.85. The van der Waals surface area contributed by atoms with E-state index in [0.29, 0.717) is 23.4 Å². The molecule has 1 saturated heterocycles. The molecule has 1 spiro atoms. The number of ether oxygens (including phenoxy) is 1. The number of nitrogens with zero attached hydrogens (tertiary/aromatic N) is 3. The third-order valence-electron chi connectivity index (χ3n) is 6.10. The number of hydrogen-bond acceptors (Lipinski definition) is 4. The van der Waals surface area contributed by atoms with E-state index in [4.69, 9.17) is 0 Å². The largest absolute Gasteiger partial charge is 0.573 e. The number of urea groups is 1. The number of imide groups is 1. The molecule has 34 heavy (non-hydrogen) atoms. The van der Waals surface area contributed by atoms with Crippen LogP contribution < -0.4 is 14.5 Å². The highest BCUT2D eigenvalue weighted by atomic mass is 19.4. The normalized spacial score (nSPS) is 22.0. The lowest BCUT2D eigenvalue weighted by atomic mass is 10.1. The summed E-state index contributed by atoms with van der Waals surface area (Å²) < 4.78 is 54.6. The lowest BCUT2D eigenvalue weighted by molar-refractivity contribution is -0.274. The summed E-state index contributed by atoms with van der Waals surface area (Å²) >= 11 is 0. The summed E-state index contributed by atoms with van der Waals surface area (Å²) in [5.74, 6) is -1.42. The molecule has 2 fully saturated rings. The summed E-state index contributed by atoms with van der Waals surface area (Å²) in [6, 6.07) is 12.9. The zero-order valence-electron chi connectivity index (χ0n) is 17.7. The smallest absolute Gasteiger partial charge is 0.406 e. The van der Waals surface area contributed by atoms with Gasteiger partial charge in [0.1, 0.15) is 17.1 Å². The van der Waals surface area contributed by atoms with Gasteiger partial charge in [-0.2, -0.15) is 0 Å². The number of pyridine rings is 1. The van der Waals surface area contributed by atoms with Gasteiger partial charge in [0.25, 0.3) is 5.91 Å². The lowest BCUT2D eigenvalue weighted by Crippen LogP contribution is -2.39. The summed E-state index contributed by atoms with van der Waals surface area (Å²) in [6.45, 7) is 1.85. The van der Waals surface area contributed by atoms with Gasteiger partial charge in [-0.15, -0.1) is 13.2 Å². The second-order valence-electron chi connectivity index (χ2n) is 8.24. The molecular formula is C24H17F4N3O3. The van der Waals surface area contributed by atoms with E-state index in [1.807, 2.05) is 6.92 Å². The molecule has 6 nitrogen and oxygen atoms in total. The van der Waals surface area contributed by atoms with Crippen LogP contribution in [0.15, 0.2) is 66.9 Å². The van der Waals surface area contributed by atoms with Crippen molar-refractivity contribution in [3.05, 3.63) is 72.7 Å². The van der Waals surface area contributed by atoms with Crippen LogP contribution in [0.25, 0.3) is 11.3 Å². The second kappa shape index (κ2) is 7.54.